The molecule has 3 rings (SSSR count). The number of nitrogens with zero attached hydrogens (tertiary/aromatic N) is 1. The van der Waals surface area contributed by atoms with Gasteiger partial charge in [-0.25, -0.2) is 8.42 Å². The first-order chi connectivity index (χ1) is 11.4. The maximum Gasteiger partial charge on any atom is 0.249 e. The van der Waals surface area contributed by atoms with Crippen molar-refractivity contribution in [2.75, 3.05) is 13.1 Å². The molecule has 1 aromatic carbocycles. The molecule has 128 valence electrons. The highest BCUT2D eigenvalue weighted by Gasteiger charge is 2.25. The van der Waals surface area contributed by atoms with Gasteiger partial charge in [0.2, 0.25) is 15.6 Å². The van der Waals surface area contributed by atoms with Gasteiger partial charge in [0.25, 0.3) is 0 Å². The second-order valence-electron chi connectivity index (χ2n) is 5.86. The fourth-order valence-electron chi connectivity index (χ4n) is 2.99. The quantitative estimate of drug-likeness (QED) is 0.865. The number of rotatable bonds is 3. The Morgan fingerprint density at radius 2 is 1.75 bits per heavy atom. The van der Waals surface area contributed by atoms with Crippen molar-refractivity contribution in [2.45, 2.75) is 30.6 Å². The number of aromatic carboxylic acids is 1. The number of aromatic amines is 1. The lowest BCUT2D eigenvalue weighted by atomic mass is 10.1. The van der Waals surface area contributed by atoms with E-state index in [0.717, 1.165) is 31.7 Å². The van der Waals surface area contributed by atoms with Gasteiger partial charge in [-0.2, -0.15) is 4.31 Å². The van der Waals surface area contributed by atoms with E-state index < -0.39 is 21.6 Å². The first-order valence-corrected chi connectivity index (χ1v) is 9.22. The van der Waals surface area contributed by atoms with E-state index in [1.165, 1.54) is 22.5 Å². The number of nitrogens with one attached hydrogen (secondary N) is 1. The third-order valence-corrected chi connectivity index (χ3v) is 6.13. The van der Waals surface area contributed by atoms with Gasteiger partial charge in [-0.05, 0) is 31.0 Å². The van der Waals surface area contributed by atoms with E-state index in [-0.39, 0.29) is 21.4 Å². The standard InChI is InChI=1S/C16H18N2O5S/c19-15-10-13(16(20)21)12-9-11(5-6-14(12)17-15)24(22,23)18-7-3-1-2-4-8-18/h5-6,9-10H,1-4,7-8H2,(H,17,19)(H,20,21)/p-1. The van der Waals surface area contributed by atoms with E-state index in [1.54, 1.807) is 0 Å². The Labute approximate surface area is 139 Å². The van der Waals surface area contributed by atoms with E-state index in [0.29, 0.717) is 13.1 Å². The summed E-state index contributed by atoms with van der Waals surface area (Å²) >= 11 is 0. The second-order valence-corrected chi connectivity index (χ2v) is 7.80. The largest absolute Gasteiger partial charge is 0.545 e. The Bertz CT molecular complexity index is 941. The van der Waals surface area contributed by atoms with Crippen LogP contribution in [0.1, 0.15) is 36.0 Å². The maximum atomic E-state index is 12.8. The normalized spacial score (nSPS) is 16.8. The average Bonchev–Trinajstić information content (AvgIpc) is 2.83. The summed E-state index contributed by atoms with van der Waals surface area (Å²) in [7, 11) is -3.70. The molecule has 8 heteroatoms. The molecule has 1 aliphatic rings. The minimum absolute atomic E-state index is 0.0199. The first-order valence-electron chi connectivity index (χ1n) is 7.78. The fourth-order valence-corrected chi connectivity index (χ4v) is 4.54. The molecule has 1 saturated heterocycles. The topological polar surface area (TPSA) is 110 Å². The zero-order valence-corrected chi connectivity index (χ0v) is 13.8. The third kappa shape index (κ3) is 3.07. The highest BCUT2D eigenvalue weighted by molar-refractivity contribution is 7.89. The smallest absolute Gasteiger partial charge is 0.249 e. The van der Waals surface area contributed by atoms with Crippen LogP contribution in [-0.4, -0.2) is 36.8 Å². The van der Waals surface area contributed by atoms with Crippen molar-refractivity contribution in [3.63, 3.8) is 0 Å². The van der Waals surface area contributed by atoms with Crippen molar-refractivity contribution in [1.29, 1.82) is 0 Å². The number of carbonyl (C=O) groups is 1. The van der Waals surface area contributed by atoms with Crippen LogP contribution in [0, 0.1) is 0 Å². The Balaban J connectivity index is 2.13. The minimum atomic E-state index is -3.70. The molecule has 7 nitrogen and oxygen atoms in total. The molecule has 24 heavy (non-hydrogen) atoms. The van der Waals surface area contributed by atoms with Gasteiger partial charge in [-0.1, -0.05) is 12.8 Å². The van der Waals surface area contributed by atoms with Gasteiger partial charge in [0, 0.05) is 35.6 Å². The molecule has 1 fully saturated rings. The highest BCUT2D eigenvalue weighted by Crippen LogP contribution is 2.24. The summed E-state index contributed by atoms with van der Waals surface area (Å²) in [5.74, 6) is -1.52. The molecule has 0 atom stereocenters. The van der Waals surface area contributed by atoms with Gasteiger partial charge in [0.15, 0.2) is 0 Å². The Morgan fingerprint density at radius 3 is 2.38 bits per heavy atom. The molecular formula is C16H17N2O5S-. The predicted molar refractivity (Wildman–Crippen MR) is 86.1 cm³/mol. The summed E-state index contributed by atoms with van der Waals surface area (Å²) in [6, 6.07) is 4.99. The van der Waals surface area contributed by atoms with Crippen LogP contribution in [0.4, 0.5) is 0 Å². The van der Waals surface area contributed by atoms with Crippen molar-refractivity contribution in [1.82, 2.24) is 9.29 Å². The summed E-state index contributed by atoms with van der Waals surface area (Å²) in [4.78, 5) is 25.3. The summed E-state index contributed by atoms with van der Waals surface area (Å²) in [6.07, 6.45) is 3.62. The molecule has 2 heterocycles. The molecule has 1 aliphatic heterocycles. The lowest BCUT2D eigenvalue weighted by Gasteiger charge is -2.20. The van der Waals surface area contributed by atoms with Crippen LogP contribution in [0.3, 0.4) is 0 Å². The number of benzene rings is 1. The zero-order chi connectivity index (χ0) is 17.3. The molecule has 0 amide bonds. The zero-order valence-electron chi connectivity index (χ0n) is 12.9. The van der Waals surface area contributed by atoms with Crippen molar-refractivity contribution < 1.29 is 18.3 Å². The van der Waals surface area contributed by atoms with E-state index in [9.17, 15) is 23.1 Å². The molecule has 0 radical (unpaired) electrons. The predicted octanol–water partition coefficient (Wildman–Crippen LogP) is 0.456. The van der Waals surface area contributed by atoms with Crippen molar-refractivity contribution in [3.05, 3.63) is 40.2 Å². The number of fused-ring (bicyclic) bond motifs is 1. The number of aromatic nitrogens is 1. The molecular weight excluding hydrogens is 332 g/mol. The fraction of sp³-hybridized carbons (Fsp3) is 0.375. The van der Waals surface area contributed by atoms with Gasteiger partial charge in [-0.15, -0.1) is 0 Å². The summed E-state index contributed by atoms with van der Waals surface area (Å²) in [6.45, 7) is 0.915. The summed E-state index contributed by atoms with van der Waals surface area (Å²) in [5.41, 5.74) is -0.636. The highest BCUT2D eigenvalue weighted by atomic mass is 32.2. The number of carbonyl (C=O) groups excluding carboxylic acids is 1. The van der Waals surface area contributed by atoms with Crippen LogP contribution in [0.5, 0.6) is 0 Å². The van der Waals surface area contributed by atoms with Gasteiger partial charge in [-0.3, -0.25) is 4.79 Å². The molecule has 1 aromatic heterocycles. The van der Waals surface area contributed by atoms with Gasteiger partial charge < -0.3 is 14.9 Å². The maximum absolute atomic E-state index is 12.8. The number of sulfonamides is 1. The van der Waals surface area contributed by atoms with Crippen molar-refractivity contribution in [3.8, 4) is 0 Å². The SMILES string of the molecule is O=C([O-])c1cc(=O)[nH]c2ccc(S(=O)(=O)N3CCCCCC3)cc12. The van der Waals surface area contributed by atoms with Crippen LogP contribution in [-0.2, 0) is 10.0 Å². The second kappa shape index (κ2) is 6.37. The van der Waals surface area contributed by atoms with Crippen molar-refractivity contribution in [2.24, 2.45) is 0 Å². The lowest BCUT2D eigenvalue weighted by Crippen LogP contribution is -2.32. The molecule has 1 N–H and O–H groups in total. The number of hydrogen-bond acceptors (Lipinski definition) is 5. The summed E-state index contributed by atoms with van der Waals surface area (Å²) < 4.78 is 27.1. The van der Waals surface area contributed by atoms with Crippen LogP contribution in [0.15, 0.2) is 34.0 Å². The Hall–Kier alpha value is -2.19. The third-order valence-electron chi connectivity index (χ3n) is 4.24. The Morgan fingerprint density at radius 1 is 1.08 bits per heavy atom. The van der Waals surface area contributed by atoms with Crippen LogP contribution >= 0.6 is 0 Å². The molecule has 0 aliphatic carbocycles. The average molecular weight is 349 g/mol. The molecule has 0 spiro atoms. The number of carboxylic acids is 1. The van der Waals surface area contributed by atoms with Crippen LogP contribution in [0.2, 0.25) is 0 Å². The number of hydrogen-bond donors (Lipinski definition) is 1. The van der Waals surface area contributed by atoms with E-state index in [2.05, 4.69) is 4.98 Å². The first kappa shape index (κ1) is 16.7. The molecule has 0 saturated carbocycles. The van der Waals surface area contributed by atoms with Gasteiger partial charge >= 0.3 is 0 Å². The Kier molecular flexibility index (Phi) is 4.42. The molecule has 0 unspecified atom stereocenters. The van der Waals surface area contributed by atoms with E-state index in [1.807, 2.05) is 0 Å². The number of carboxylic acid groups (broad SMARTS) is 1. The van der Waals surface area contributed by atoms with Gasteiger partial charge in [0.1, 0.15) is 0 Å². The van der Waals surface area contributed by atoms with Gasteiger partial charge in [0.05, 0.1) is 10.9 Å². The van der Waals surface area contributed by atoms with Crippen LogP contribution in [0.25, 0.3) is 10.9 Å². The molecule has 2 aromatic rings. The monoisotopic (exact) mass is 349 g/mol. The van der Waals surface area contributed by atoms with Crippen LogP contribution < -0.4 is 10.7 Å². The van der Waals surface area contributed by atoms with E-state index in [4.69, 9.17) is 0 Å². The van der Waals surface area contributed by atoms with E-state index >= 15 is 0 Å². The summed E-state index contributed by atoms with van der Waals surface area (Å²) in [5, 5.41) is 11.4. The minimum Gasteiger partial charge on any atom is -0.545 e. The molecule has 0 bridgehead atoms. The lowest BCUT2D eigenvalue weighted by molar-refractivity contribution is -0.254. The van der Waals surface area contributed by atoms with Crippen molar-refractivity contribution >= 4 is 26.9 Å². The number of H-pyrrole nitrogens is 1. The number of pyridine rings is 1.